The minimum Gasteiger partial charge on any atom is -0.391 e. The van der Waals surface area contributed by atoms with Gasteiger partial charge in [0.25, 0.3) is 0 Å². The van der Waals surface area contributed by atoms with Crippen LogP contribution in [0.3, 0.4) is 0 Å². The highest BCUT2D eigenvalue weighted by atomic mass is 35.5. The first kappa shape index (κ1) is 19.0. The molecule has 0 aliphatic carbocycles. The molecule has 1 unspecified atom stereocenters. The second-order valence-corrected chi connectivity index (χ2v) is 7.04. The second kappa shape index (κ2) is 8.72. The van der Waals surface area contributed by atoms with Crippen molar-refractivity contribution in [3.05, 3.63) is 70.4 Å². The average Bonchev–Trinajstić information content (AvgIpc) is 3.01. The normalized spacial score (nSPS) is 15.2. The molecule has 2 aromatic carbocycles. The summed E-state index contributed by atoms with van der Waals surface area (Å²) in [7, 11) is 0. The Labute approximate surface area is 160 Å². The molecule has 0 spiro atoms. The van der Waals surface area contributed by atoms with Crippen molar-refractivity contribution in [1.82, 2.24) is 9.88 Å². The number of aromatic nitrogens is 1. The summed E-state index contributed by atoms with van der Waals surface area (Å²) in [6.45, 7) is 6.52. The first-order valence-electron chi connectivity index (χ1n) is 9.42. The molecule has 3 nitrogen and oxygen atoms in total. The highest BCUT2D eigenvalue weighted by Gasteiger charge is 2.22. The maximum Gasteiger partial charge on any atom is 0.0707 e. The van der Waals surface area contributed by atoms with Crippen molar-refractivity contribution in [3.63, 3.8) is 0 Å². The average molecular weight is 371 g/mol. The number of aliphatic hydroxyl groups excluding tert-OH is 1. The number of rotatable bonds is 4. The van der Waals surface area contributed by atoms with Crippen molar-refractivity contribution >= 4 is 22.5 Å². The molecule has 0 radical (unpaired) electrons. The lowest BCUT2D eigenvalue weighted by Crippen LogP contribution is -2.37. The molecular weight excluding hydrogens is 344 g/mol. The predicted octanol–water partition coefficient (Wildman–Crippen LogP) is 4.81. The standard InChI is InChI=1S/C20H21ClN2O.C2H6/c21-15-6-7-19-18(11-15)17-8-9-23(13-20(17)22-19)12-16(24)10-14-4-2-1-3-5-14;1-2/h1-7,11,16,22,24H,8-10,12-13H2;1-2H3. The van der Waals surface area contributed by atoms with Crippen molar-refractivity contribution in [1.29, 1.82) is 0 Å². The van der Waals surface area contributed by atoms with E-state index in [2.05, 4.69) is 22.0 Å². The van der Waals surface area contributed by atoms with Crippen LogP contribution in [0.2, 0.25) is 5.02 Å². The molecule has 1 atom stereocenters. The van der Waals surface area contributed by atoms with Gasteiger partial charge in [-0.1, -0.05) is 55.8 Å². The highest BCUT2D eigenvalue weighted by molar-refractivity contribution is 6.31. The van der Waals surface area contributed by atoms with Crippen molar-refractivity contribution in [2.75, 3.05) is 13.1 Å². The second-order valence-electron chi connectivity index (χ2n) is 6.60. The zero-order valence-electron chi connectivity index (χ0n) is 15.5. The number of halogens is 1. The minimum absolute atomic E-state index is 0.340. The number of hydrogen-bond donors (Lipinski definition) is 2. The smallest absolute Gasteiger partial charge is 0.0707 e. The Morgan fingerprint density at radius 1 is 1.15 bits per heavy atom. The van der Waals surface area contributed by atoms with Gasteiger partial charge in [-0.2, -0.15) is 0 Å². The van der Waals surface area contributed by atoms with Gasteiger partial charge in [0.15, 0.2) is 0 Å². The summed E-state index contributed by atoms with van der Waals surface area (Å²) in [5, 5.41) is 12.4. The third-order valence-electron chi connectivity index (χ3n) is 4.80. The summed E-state index contributed by atoms with van der Waals surface area (Å²) in [6, 6.07) is 16.2. The summed E-state index contributed by atoms with van der Waals surface area (Å²) in [6.07, 6.45) is 1.35. The van der Waals surface area contributed by atoms with Crippen LogP contribution < -0.4 is 0 Å². The lowest BCUT2D eigenvalue weighted by molar-refractivity contribution is 0.105. The first-order valence-corrected chi connectivity index (χ1v) is 9.80. The van der Waals surface area contributed by atoms with Gasteiger partial charge in [0.05, 0.1) is 6.10 Å². The number of benzene rings is 2. The maximum atomic E-state index is 10.4. The molecule has 1 aliphatic rings. The van der Waals surface area contributed by atoms with Crippen molar-refractivity contribution in [2.45, 2.75) is 39.3 Å². The monoisotopic (exact) mass is 370 g/mol. The van der Waals surface area contributed by atoms with E-state index in [1.807, 2.05) is 50.2 Å². The van der Waals surface area contributed by atoms with E-state index in [0.717, 1.165) is 30.0 Å². The van der Waals surface area contributed by atoms with Gasteiger partial charge in [-0.05, 0) is 42.2 Å². The van der Waals surface area contributed by atoms with Crippen molar-refractivity contribution in [3.8, 4) is 0 Å². The van der Waals surface area contributed by atoms with Crippen LogP contribution in [-0.2, 0) is 19.4 Å². The van der Waals surface area contributed by atoms with Gasteiger partial charge in [-0.15, -0.1) is 0 Å². The van der Waals surface area contributed by atoms with Crippen molar-refractivity contribution in [2.24, 2.45) is 0 Å². The molecule has 3 aromatic rings. The maximum absolute atomic E-state index is 10.4. The van der Waals surface area contributed by atoms with E-state index < -0.39 is 0 Å². The van der Waals surface area contributed by atoms with Gasteiger partial charge in [-0.25, -0.2) is 0 Å². The summed E-state index contributed by atoms with van der Waals surface area (Å²) >= 11 is 6.14. The Kier molecular flexibility index (Phi) is 6.36. The summed E-state index contributed by atoms with van der Waals surface area (Å²) < 4.78 is 0. The summed E-state index contributed by atoms with van der Waals surface area (Å²) in [5.74, 6) is 0. The molecule has 26 heavy (non-hydrogen) atoms. The van der Waals surface area contributed by atoms with Crippen LogP contribution in [-0.4, -0.2) is 34.2 Å². The van der Waals surface area contributed by atoms with Crippen LogP contribution in [0.15, 0.2) is 48.5 Å². The number of β-amino-alcohol motifs (C(OH)–C–C–N with tert-alkyl or cyclic N) is 1. The van der Waals surface area contributed by atoms with Gasteiger partial charge in [0.2, 0.25) is 0 Å². The zero-order chi connectivity index (χ0) is 18.5. The SMILES string of the molecule is CC.OC(Cc1ccccc1)CN1CCc2c([nH]c3ccc(Cl)cc23)C1. The van der Waals surface area contributed by atoms with Crippen molar-refractivity contribution < 1.29 is 5.11 Å². The minimum atomic E-state index is -0.340. The van der Waals surface area contributed by atoms with E-state index in [1.165, 1.54) is 22.2 Å². The quantitative estimate of drug-likeness (QED) is 0.691. The molecular formula is C22H27ClN2O. The molecule has 1 aromatic heterocycles. The molecule has 4 heteroatoms. The number of nitrogens with one attached hydrogen (secondary N) is 1. The van der Waals surface area contributed by atoms with Gasteiger partial charge in [0, 0.05) is 41.3 Å². The lowest BCUT2D eigenvalue weighted by atomic mass is 10.0. The topological polar surface area (TPSA) is 39.3 Å². The van der Waals surface area contributed by atoms with Crippen LogP contribution in [0.4, 0.5) is 0 Å². The first-order chi connectivity index (χ1) is 12.7. The van der Waals surface area contributed by atoms with Crippen LogP contribution in [0, 0.1) is 0 Å². The molecule has 4 rings (SSSR count). The number of fused-ring (bicyclic) bond motifs is 3. The van der Waals surface area contributed by atoms with Crippen LogP contribution >= 0.6 is 11.6 Å². The number of nitrogens with zero attached hydrogens (tertiary/aromatic N) is 1. The third kappa shape index (κ3) is 4.29. The molecule has 0 saturated heterocycles. The van der Waals surface area contributed by atoms with Crippen LogP contribution in [0.5, 0.6) is 0 Å². The fourth-order valence-corrected chi connectivity index (χ4v) is 3.85. The van der Waals surface area contributed by atoms with Gasteiger partial charge in [-0.3, -0.25) is 4.90 Å². The number of H-pyrrole nitrogens is 1. The van der Waals surface area contributed by atoms with E-state index in [9.17, 15) is 5.11 Å². The molecule has 0 saturated carbocycles. The Morgan fingerprint density at radius 2 is 1.92 bits per heavy atom. The number of aromatic amines is 1. The van der Waals surface area contributed by atoms with E-state index in [-0.39, 0.29) is 6.10 Å². The van der Waals surface area contributed by atoms with Crippen LogP contribution in [0.1, 0.15) is 30.7 Å². The van der Waals surface area contributed by atoms with E-state index >= 15 is 0 Å². The van der Waals surface area contributed by atoms with Gasteiger partial charge < -0.3 is 10.1 Å². The van der Waals surface area contributed by atoms with Crippen LogP contribution in [0.25, 0.3) is 10.9 Å². The Morgan fingerprint density at radius 3 is 2.69 bits per heavy atom. The third-order valence-corrected chi connectivity index (χ3v) is 5.03. The molecule has 2 heterocycles. The lowest BCUT2D eigenvalue weighted by Gasteiger charge is -2.29. The Hall–Kier alpha value is -1.81. The summed E-state index contributed by atoms with van der Waals surface area (Å²) in [5.41, 5.74) is 4.96. The van der Waals surface area contributed by atoms with E-state index in [1.54, 1.807) is 0 Å². The molecule has 138 valence electrons. The highest BCUT2D eigenvalue weighted by Crippen LogP contribution is 2.29. The zero-order valence-corrected chi connectivity index (χ0v) is 16.3. The molecule has 0 fully saturated rings. The number of aliphatic hydroxyl groups is 1. The fraction of sp³-hybridized carbons (Fsp3) is 0.364. The van der Waals surface area contributed by atoms with Gasteiger partial charge >= 0.3 is 0 Å². The molecule has 0 amide bonds. The largest absolute Gasteiger partial charge is 0.391 e. The Bertz CT molecular complexity index is 844. The predicted molar refractivity (Wildman–Crippen MR) is 110 cm³/mol. The molecule has 2 N–H and O–H groups in total. The van der Waals surface area contributed by atoms with E-state index in [0.29, 0.717) is 13.0 Å². The molecule has 1 aliphatic heterocycles. The number of hydrogen-bond acceptors (Lipinski definition) is 2. The fourth-order valence-electron chi connectivity index (χ4n) is 3.67. The Balaban J connectivity index is 0.000000948. The summed E-state index contributed by atoms with van der Waals surface area (Å²) in [4.78, 5) is 5.84. The van der Waals surface area contributed by atoms with E-state index in [4.69, 9.17) is 11.6 Å². The van der Waals surface area contributed by atoms with Gasteiger partial charge in [0.1, 0.15) is 0 Å². The molecule has 0 bridgehead atoms.